The van der Waals surface area contributed by atoms with E-state index in [1.165, 1.54) is 0 Å². The molecule has 0 unspecified atom stereocenters. The number of allylic oxidation sites excluding steroid dienone is 3. The molecule has 0 amide bonds. The molecular weight excluding hydrogens is 195 g/mol. The zero-order valence-corrected chi connectivity index (χ0v) is 7.94. The monoisotopic (exact) mass is 204 g/mol. The molecule has 0 aromatic heterocycles. The normalized spacial score (nSPS) is 13.6. The van der Waals surface area contributed by atoms with Crippen LogP contribution in [0.1, 0.15) is 13.3 Å². The summed E-state index contributed by atoms with van der Waals surface area (Å²) in [5.41, 5.74) is -0.543. The fraction of sp³-hybridized carbons (Fsp3) is 0.222. The van der Waals surface area contributed by atoms with Crippen molar-refractivity contribution in [1.29, 1.82) is 0 Å². The molecule has 0 aliphatic rings. The molecule has 0 aromatic carbocycles. The first-order valence-corrected chi connectivity index (χ1v) is 4.03. The lowest BCUT2D eigenvalue weighted by molar-refractivity contribution is -0.132. The van der Waals surface area contributed by atoms with Gasteiger partial charge < -0.3 is 5.11 Å². The molecule has 0 rings (SSSR count). The maximum absolute atomic E-state index is 13.0. The fourth-order valence-corrected chi connectivity index (χ4v) is 0.873. The molecule has 2 nitrogen and oxygen atoms in total. The number of hydrogen-bond donors (Lipinski definition) is 1. The lowest BCUT2D eigenvalue weighted by Gasteiger charge is -1.99. The number of halogens is 2. The van der Waals surface area contributed by atoms with Gasteiger partial charge in [0.1, 0.15) is 11.4 Å². The third kappa shape index (κ3) is 3.42. The number of carboxylic acid groups (broad SMARTS) is 1. The van der Waals surface area contributed by atoms with Gasteiger partial charge in [0.05, 0.1) is 5.03 Å². The van der Waals surface area contributed by atoms with Crippen LogP contribution in [0.5, 0.6) is 0 Å². The van der Waals surface area contributed by atoms with E-state index in [0.29, 0.717) is 6.42 Å². The first-order chi connectivity index (χ1) is 6.04. The van der Waals surface area contributed by atoms with Crippen molar-refractivity contribution in [1.82, 2.24) is 0 Å². The molecule has 0 aromatic rings. The Kier molecular flexibility index (Phi) is 5.07. The van der Waals surface area contributed by atoms with Gasteiger partial charge in [0.25, 0.3) is 0 Å². The molecule has 0 heterocycles. The van der Waals surface area contributed by atoms with E-state index in [1.54, 1.807) is 6.92 Å². The first-order valence-electron chi connectivity index (χ1n) is 3.66. The highest BCUT2D eigenvalue weighted by atomic mass is 35.5. The second-order valence-electron chi connectivity index (χ2n) is 2.19. The standard InChI is InChI=1S/C9H10ClFO2/c1-3-5-7(11)8(9(12)13)6(10)4-2/h4-5H,2-3H2,1H3,(H,12,13)/b7-5+,8-6-. The first kappa shape index (κ1) is 11.9. The summed E-state index contributed by atoms with van der Waals surface area (Å²) in [7, 11) is 0. The van der Waals surface area contributed by atoms with E-state index >= 15 is 0 Å². The minimum atomic E-state index is -1.40. The molecule has 0 atom stereocenters. The summed E-state index contributed by atoms with van der Waals surface area (Å²) in [6.07, 6.45) is 2.65. The number of aliphatic carboxylic acids is 1. The highest BCUT2D eigenvalue weighted by Crippen LogP contribution is 2.20. The molecule has 72 valence electrons. The smallest absolute Gasteiger partial charge is 0.340 e. The molecule has 0 radical (unpaired) electrons. The van der Waals surface area contributed by atoms with Crippen molar-refractivity contribution in [3.05, 3.63) is 35.2 Å². The summed E-state index contributed by atoms with van der Waals surface area (Å²) in [5.74, 6) is -2.23. The summed E-state index contributed by atoms with van der Waals surface area (Å²) in [6, 6.07) is 0. The number of rotatable bonds is 4. The van der Waals surface area contributed by atoms with Crippen molar-refractivity contribution in [3.63, 3.8) is 0 Å². The van der Waals surface area contributed by atoms with Gasteiger partial charge in [-0.15, -0.1) is 0 Å². The molecule has 0 spiro atoms. The number of carboxylic acids is 1. The van der Waals surface area contributed by atoms with E-state index in [2.05, 4.69) is 6.58 Å². The largest absolute Gasteiger partial charge is 0.478 e. The van der Waals surface area contributed by atoms with Crippen LogP contribution in [-0.4, -0.2) is 11.1 Å². The second-order valence-corrected chi connectivity index (χ2v) is 2.60. The Balaban J connectivity index is 5.16. The van der Waals surface area contributed by atoms with Crippen LogP contribution in [0.4, 0.5) is 4.39 Å². The Morgan fingerprint density at radius 2 is 2.23 bits per heavy atom. The Morgan fingerprint density at radius 3 is 2.54 bits per heavy atom. The minimum Gasteiger partial charge on any atom is -0.478 e. The Labute approximate surface area is 81.0 Å². The topological polar surface area (TPSA) is 37.3 Å². The maximum atomic E-state index is 13.0. The number of hydrogen-bond acceptors (Lipinski definition) is 1. The van der Waals surface area contributed by atoms with Crippen LogP contribution >= 0.6 is 11.6 Å². The van der Waals surface area contributed by atoms with Crippen LogP contribution in [-0.2, 0) is 4.79 Å². The van der Waals surface area contributed by atoms with E-state index in [1.807, 2.05) is 0 Å². The Bertz CT molecular complexity index is 279. The van der Waals surface area contributed by atoms with Gasteiger partial charge in [-0.05, 0) is 18.6 Å². The van der Waals surface area contributed by atoms with Crippen molar-refractivity contribution in [2.75, 3.05) is 0 Å². The van der Waals surface area contributed by atoms with Crippen LogP contribution in [0.15, 0.2) is 35.2 Å². The summed E-state index contributed by atoms with van der Waals surface area (Å²) in [4.78, 5) is 10.5. The molecule has 1 N–H and O–H groups in total. The van der Waals surface area contributed by atoms with Crippen molar-refractivity contribution in [2.45, 2.75) is 13.3 Å². The number of carbonyl (C=O) groups is 1. The third-order valence-electron chi connectivity index (χ3n) is 1.25. The zero-order valence-electron chi connectivity index (χ0n) is 7.18. The van der Waals surface area contributed by atoms with Crippen molar-refractivity contribution >= 4 is 17.6 Å². The van der Waals surface area contributed by atoms with Crippen molar-refractivity contribution in [3.8, 4) is 0 Å². The van der Waals surface area contributed by atoms with Crippen LogP contribution in [0, 0.1) is 0 Å². The molecule has 0 fully saturated rings. The molecule has 0 aliphatic carbocycles. The minimum absolute atomic E-state index is 0.199. The molecule has 0 saturated carbocycles. The molecule has 0 saturated heterocycles. The summed E-state index contributed by atoms with van der Waals surface area (Å²) < 4.78 is 13.0. The maximum Gasteiger partial charge on any atom is 0.340 e. The van der Waals surface area contributed by atoms with Gasteiger partial charge in [-0.1, -0.05) is 25.1 Å². The Morgan fingerprint density at radius 1 is 1.69 bits per heavy atom. The highest BCUT2D eigenvalue weighted by Gasteiger charge is 2.16. The predicted molar refractivity (Wildman–Crippen MR) is 50.2 cm³/mol. The van der Waals surface area contributed by atoms with Gasteiger partial charge in [0.15, 0.2) is 0 Å². The molecule has 0 aliphatic heterocycles. The quantitative estimate of drug-likeness (QED) is 0.565. The van der Waals surface area contributed by atoms with Crippen LogP contribution in [0.2, 0.25) is 0 Å². The molecule has 0 bridgehead atoms. The summed E-state index contributed by atoms with van der Waals surface area (Å²) >= 11 is 5.46. The summed E-state index contributed by atoms with van der Waals surface area (Å²) in [5, 5.41) is 8.40. The van der Waals surface area contributed by atoms with Gasteiger partial charge in [0, 0.05) is 0 Å². The third-order valence-corrected chi connectivity index (χ3v) is 1.60. The van der Waals surface area contributed by atoms with Gasteiger partial charge in [0.2, 0.25) is 0 Å². The molecule has 4 heteroatoms. The SMILES string of the molecule is C=C/C(Cl)=C(C(=O)O)\C(F)=C/CC. The second kappa shape index (κ2) is 5.54. The molecular formula is C9H10ClFO2. The lowest BCUT2D eigenvalue weighted by Crippen LogP contribution is -2.02. The van der Waals surface area contributed by atoms with Gasteiger partial charge >= 0.3 is 5.97 Å². The van der Waals surface area contributed by atoms with E-state index in [-0.39, 0.29) is 5.03 Å². The van der Waals surface area contributed by atoms with Crippen LogP contribution in [0.3, 0.4) is 0 Å². The van der Waals surface area contributed by atoms with E-state index in [0.717, 1.165) is 12.2 Å². The van der Waals surface area contributed by atoms with Gasteiger partial charge in [-0.3, -0.25) is 0 Å². The van der Waals surface area contributed by atoms with Crippen molar-refractivity contribution in [2.24, 2.45) is 0 Å². The van der Waals surface area contributed by atoms with Crippen LogP contribution < -0.4 is 0 Å². The molecule has 13 heavy (non-hydrogen) atoms. The van der Waals surface area contributed by atoms with E-state index in [4.69, 9.17) is 16.7 Å². The van der Waals surface area contributed by atoms with Gasteiger partial charge in [-0.2, -0.15) is 0 Å². The lowest BCUT2D eigenvalue weighted by atomic mass is 10.2. The summed E-state index contributed by atoms with van der Waals surface area (Å²) in [6.45, 7) is 4.95. The van der Waals surface area contributed by atoms with Crippen molar-refractivity contribution < 1.29 is 14.3 Å². The Hall–Kier alpha value is -1.09. The van der Waals surface area contributed by atoms with E-state index < -0.39 is 17.4 Å². The fourth-order valence-electron chi connectivity index (χ4n) is 0.702. The van der Waals surface area contributed by atoms with Gasteiger partial charge in [-0.25, -0.2) is 9.18 Å². The van der Waals surface area contributed by atoms with E-state index in [9.17, 15) is 9.18 Å². The predicted octanol–water partition coefficient (Wildman–Crippen LogP) is 3.01. The average molecular weight is 205 g/mol. The van der Waals surface area contributed by atoms with Crippen LogP contribution in [0.25, 0.3) is 0 Å². The average Bonchev–Trinajstić information content (AvgIpc) is 2.04. The highest BCUT2D eigenvalue weighted by molar-refractivity contribution is 6.33. The zero-order chi connectivity index (χ0) is 10.4.